The molecule has 0 aromatic carbocycles. The molecular formula is C22H17F5N4O4S2. The summed E-state index contributed by atoms with van der Waals surface area (Å²) in [5, 5.41) is 5.69. The molecule has 0 bridgehead atoms. The molecule has 4 rings (SSSR count). The van der Waals surface area contributed by atoms with Gasteiger partial charge in [0.25, 0.3) is 0 Å². The van der Waals surface area contributed by atoms with Crippen LogP contribution in [0.2, 0.25) is 0 Å². The predicted molar refractivity (Wildman–Crippen MR) is 126 cm³/mol. The van der Waals surface area contributed by atoms with Gasteiger partial charge in [0, 0.05) is 22.4 Å². The Hall–Kier alpha value is -3.59. The molecule has 0 fully saturated rings. The maximum Gasteiger partial charge on any atom is 0.534 e. The third-order valence-electron chi connectivity index (χ3n) is 5.45. The van der Waals surface area contributed by atoms with Gasteiger partial charge in [-0.25, -0.2) is 13.8 Å². The van der Waals surface area contributed by atoms with Crippen LogP contribution in [0.15, 0.2) is 48.4 Å². The maximum atomic E-state index is 14.4. The van der Waals surface area contributed by atoms with E-state index in [2.05, 4.69) is 20.8 Å². The molecular weight excluding hydrogens is 543 g/mol. The summed E-state index contributed by atoms with van der Waals surface area (Å²) in [6.07, 6.45) is 2.53. The van der Waals surface area contributed by atoms with Crippen molar-refractivity contribution in [3.63, 3.8) is 0 Å². The van der Waals surface area contributed by atoms with Crippen LogP contribution in [0.1, 0.15) is 18.2 Å². The van der Waals surface area contributed by atoms with E-state index in [4.69, 9.17) is 0 Å². The summed E-state index contributed by atoms with van der Waals surface area (Å²) in [6.45, 7) is 5.63. The summed E-state index contributed by atoms with van der Waals surface area (Å²) in [5.74, 6) is -2.25. The van der Waals surface area contributed by atoms with Gasteiger partial charge in [-0.2, -0.15) is 26.7 Å². The van der Waals surface area contributed by atoms with Crippen molar-refractivity contribution < 1.29 is 39.3 Å². The smallest absolute Gasteiger partial charge is 0.355 e. The van der Waals surface area contributed by atoms with Crippen molar-refractivity contribution in [1.82, 2.24) is 19.7 Å². The zero-order valence-electron chi connectivity index (χ0n) is 18.9. The Balaban J connectivity index is 1.93. The lowest BCUT2D eigenvalue weighted by Crippen LogP contribution is -2.44. The minimum Gasteiger partial charge on any atom is -0.355 e. The molecule has 8 nitrogen and oxygen atoms in total. The van der Waals surface area contributed by atoms with E-state index in [1.165, 1.54) is 22.4 Å². The minimum atomic E-state index is -6.08. The summed E-state index contributed by atoms with van der Waals surface area (Å²) in [4.78, 5) is 17.7. The lowest BCUT2D eigenvalue weighted by atomic mass is 10.1. The Kier molecular flexibility index (Phi) is 6.94. The molecule has 1 unspecified atom stereocenters. The number of hydrogen-bond donors (Lipinski definition) is 0. The van der Waals surface area contributed by atoms with Crippen LogP contribution in [0, 0.1) is 0 Å². The minimum absolute atomic E-state index is 0.0138. The monoisotopic (exact) mass is 560 g/mol. The van der Waals surface area contributed by atoms with Gasteiger partial charge in [-0.05, 0) is 36.6 Å². The Labute approximate surface area is 211 Å². The molecule has 0 spiro atoms. The number of pyridine rings is 1. The van der Waals surface area contributed by atoms with Gasteiger partial charge in [0.2, 0.25) is 11.8 Å². The fraction of sp³-hybridized carbons (Fsp3) is 0.227. The number of amides is 1. The van der Waals surface area contributed by atoms with Crippen LogP contribution in [0.3, 0.4) is 0 Å². The van der Waals surface area contributed by atoms with E-state index in [1.54, 1.807) is 11.6 Å². The van der Waals surface area contributed by atoms with Gasteiger partial charge < -0.3 is 9.08 Å². The molecule has 0 radical (unpaired) electrons. The van der Waals surface area contributed by atoms with Gasteiger partial charge in [0.15, 0.2) is 0 Å². The van der Waals surface area contributed by atoms with E-state index in [1.807, 2.05) is 0 Å². The van der Waals surface area contributed by atoms with E-state index in [9.17, 15) is 35.2 Å². The molecule has 196 valence electrons. The molecule has 0 N–H and O–H groups in total. The van der Waals surface area contributed by atoms with Crippen molar-refractivity contribution >= 4 is 43.5 Å². The van der Waals surface area contributed by atoms with Crippen LogP contribution in [-0.4, -0.2) is 45.5 Å². The summed E-state index contributed by atoms with van der Waals surface area (Å²) in [7, 11) is -6.08. The van der Waals surface area contributed by atoms with Gasteiger partial charge in [0.05, 0.1) is 30.5 Å². The number of hydrogen-bond acceptors (Lipinski definition) is 7. The first-order valence-corrected chi connectivity index (χ1v) is 12.7. The summed E-state index contributed by atoms with van der Waals surface area (Å²) >= 11 is 0.949. The molecule has 1 atom stereocenters. The van der Waals surface area contributed by atoms with Crippen molar-refractivity contribution in [1.29, 1.82) is 0 Å². The molecule has 3 aromatic heterocycles. The molecule has 0 saturated carbocycles. The Morgan fingerprint density at radius 3 is 2.73 bits per heavy atom. The van der Waals surface area contributed by atoms with Crippen molar-refractivity contribution in [3.8, 4) is 17.3 Å². The average Bonchev–Trinajstić information content (AvgIpc) is 3.46. The van der Waals surface area contributed by atoms with Gasteiger partial charge in [-0.3, -0.25) is 9.48 Å². The van der Waals surface area contributed by atoms with Crippen LogP contribution in [-0.2, 0) is 28.0 Å². The molecule has 3 aromatic rings. The second-order valence-corrected chi connectivity index (χ2v) is 10.3. The lowest BCUT2D eigenvalue weighted by Gasteiger charge is -2.33. The molecule has 0 aliphatic carbocycles. The van der Waals surface area contributed by atoms with Crippen molar-refractivity contribution in [3.05, 3.63) is 59.7 Å². The van der Waals surface area contributed by atoms with E-state index >= 15 is 0 Å². The lowest BCUT2D eigenvalue weighted by molar-refractivity contribution is -0.129. The maximum absolute atomic E-state index is 14.4. The Morgan fingerprint density at radius 2 is 2.08 bits per heavy atom. The van der Waals surface area contributed by atoms with E-state index < -0.39 is 27.3 Å². The number of halogens is 5. The Morgan fingerprint density at radius 1 is 1.35 bits per heavy atom. The fourth-order valence-corrected chi connectivity index (χ4v) is 5.09. The third-order valence-corrected chi connectivity index (χ3v) is 7.34. The number of nitrogens with zero attached hydrogens (tertiary/aromatic N) is 4. The number of rotatable bonds is 6. The molecule has 1 amide bonds. The molecule has 1 aliphatic rings. The second-order valence-electron chi connectivity index (χ2n) is 7.87. The first kappa shape index (κ1) is 26.5. The third kappa shape index (κ3) is 5.00. The van der Waals surface area contributed by atoms with Crippen LogP contribution in [0.4, 0.5) is 22.0 Å². The van der Waals surface area contributed by atoms with Crippen LogP contribution < -0.4 is 4.18 Å². The van der Waals surface area contributed by atoms with Crippen molar-refractivity contribution in [2.75, 3.05) is 0 Å². The number of thiophene rings is 1. The van der Waals surface area contributed by atoms with Crippen LogP contribution in [0.5, 0.6) is 5.88 Å². The van der Waals surface area contributed by atoms with Crippen LogP contribution >= 0.6 is 11.3 Å². The van der Waals surface area contributed by atoms with Gasteiger partial charge in [-0.1, -0.05) is 6.58 Å². The quantitative estimate of drug-likeness (QED) is 0.137. The number of fused-ring (bicyclic) bond motifs is 2. The zero-order chi connectivity index (χ0) is 27.1. The molecule has 0 saturated heterocycles. The van der Waals surface area contributed by atoms with E-state index in [-0.39, 0.29) is 58.4 Å². The largest absolute Gasteiger partial charge is 0.534 e. The second kappa shape index (κ2) is 9.70. The SMILES string of the molecule is C=CC(=O)N1Cc2cc(-c3nc(OS(=O)(=O)C(F)(F)F)c4ccsc4c3C=C(F)/C=C/F)nn2CC1C. The number of alkyl halides is 3. The summed E-state index contributed by atoms with van der Waals surface area (Å²) in [6, 6.07) is 2.47. The van der Waals surface area contributed by atoms with E-state index in [0.29, 0.717) is 11.8 Å². The first-order chi connectivity index (χ1) is 17.4. The highest BCUT2D eigenvalue weighted by molar-refractivity contribution is 7.88. The predicted octanol–water partition coefficient (Wildman–Crippen LogP) is 5.10. The molecule has 1 aliphatic heterocycles. The molecule has 37 heavy (non-hydrogen) atoms. The standard InChI is InChI=1S/C22H17F5N4O4S2/c1-3-18(32)30-11-14-9-17(29-31(14)10-12(30)2)19-16(8-13(24)4-6-23)20-15(5-7-36-20)21(28-19)35-37(33,34)22(25,26)27/h3-9,12H,1,10-11H2,2H3/b6-4+,13-8?. The summed E-state index contributed by atoms with van der Waals surface area (Å²) < 4.78 is 95.5. The van der Waals surface area contributed by atoms with E-state index in [0.717, 1.165) is 23.5 Å². The Bertz CT molecular complexity index is 1560. The zero-order valence-corrected chi connectivity index (χ0v) is 20.5. The topological polar surface area (TPSA) is 94.4 Å². The van der Waals surface area contributed by atoms with Gasteiger partial charge >= 0.3 is 15.6 Å². The van der Waals surface area contributed by atoms with Gasteiger partial charge in [-0.15, -0.1) is 11.3 Å². The number of allylic oxidation sites excluding steroid dienone is 2. The highest BCUT2D eigenvalue weighted by Gasteiger charge is 2.49. The first-order valence-electron chi connectivity index (χ1n) is 10.4. The van der Waals surface area contributed by atoms with Gasteiger partial charge in [0.1, 0.15) is 17.2 Å². The highest BCUT2D eigenvalue weighted by Crippen LogP contribution is 2.40. The number of aromatic nitrogens is 3. The average molecular weight is 561 g/mol. The number of carbonyl (C=O) groups is 1. The van der Waals surface area contributed by atoms with Crippen molar-refractivity contribution in [2.45, 2.75) is 31.6 Å². The molecule has 4 heterocycles. The highest BCUT2D eigenvalue weighted by atomic mass is 32.2. The van der Waals surface area contributed by atoms with Crippen molar-refractivity contribution in [2.24, 2.45) is 0 Å². The normalized spacial score (nSPS) is 16.9. The van der Waals surface area contributed by atoms with Crippen LogP contribution in [0.25, 0.3) is 27.6 Å². The number of carbonyl (C=O) groups excluding carboxylic acids is 1. The summed E-state index contributed by atoms with van der Waals surface area (Å²) in [5.41, 5.74) is -5.34. The molecule has 15 heteroatoms. The fourth-order valence-electron chi connectivity index (χ4n) is 3.75.